The van der Waals surface area contributed by atoms with Gasteiger partial charge in [0.25, 0.3) is 0 Å². The van der Waals surface area contributed by atoms with Crippen molar-refractivity contribution >= 4 is 32.1 Å². The molecule has 3 aromatic rings. The highest BCUT2D eigenvalue weighted by Gasteiger charge is 2.11. The summed E-state index contributed by atoms with van der Waals surface area (Å²) in [6.45, 7) is 0.552. The second-order valence-electron chi connectivity index (χ2n) is 3.83. The standard InChI is InChI=1S/C13H11BrN2S/c14-10-3-1-9(2-4-10)11-7-13-16(5-6-17-13)12(11)8-15/h1-7H,8,15H2. The second-order valence-corrected chi connectivity index (χ2v) is 5.67. The summed E-state index contributed by atoms with van der Waals surface area (Å²) in [5.74, 6) is 0. The molecule has 0 amide bonds. The molecule has 17 heavy (non-hydrogen) atoms. The molecule has 0 radical (unpaired) electrons. The number of halogens is 1. The van der Waals surface area contributed by atoms with Crippen molar-refractivity contribution < 1.29 is 0 Å². The Balaban J connectivity index is 2.22. The van der Waals surface area contributed by atoms with Gasteiger partial charge in [-0.05, 0) is 23.8 Å². The number of aromatic nitrogens is 1. The van der Waals surface area contributed by atoms with Crippen LogP contribution in [0.5, 0.6) is 0 Å². The number of nitrogens with two attached hydrogens (primary N) is 1. The summed E-state index contributed by atoms with van der Waals surface area (Å²) < 4.78 is 3.26. The molecule has 2 nitrogen and oxygen atoms in total. The first-order valence-electron chi connectivity index (χ1n) is 5.33. The lowest BCUT2D eigenvalue weighted by molar-refractivity contribution is 0.970. The topological polar surface area (TPSA) is 30.4 Å². The molecule has 0 spiro atoms. The van der Waals surface area contributed by atoms with E-state index in [-0.39, 0.29) is 0 Å². The van der Waals surface area contributed by atoms with Crippen molar-refractivity contribution in [2.45, 2.75) is 6.54 Å². The van der Waals surface area contributed by atoms with Gasteiger partial charge >= 0.3 is 0 Å². The molecule has 2 aromatic heterocycles. The van der Waals surface area contributed by atoms with Crippen molar-refractivity contribution in [3.05, 3.63) is 52.1 Å². The third-order valence-corrected chi connectivity index (χ3v) is 4.20. The normalized spacial score (nSPS) is 11.2. The average Bonchev–Trinajstić information content (AvgIpc) is 2.89. The van der Waals surface area contributed by atoms with Gasteiger partial charge in [-0.3, -0.25) is 0 Å². The first kappa shape index (κ1) is 11.0. The number of fused-ring (bicyclic) bond motifs is 1. The van der Waals surface area contributed by atoms with Gasteiger partial charge < -0.3 is 10.1 Å². The smallest absolute Gasteiger partial charge is 0.0999 e. The van der Waals surface area contributed by atoms with Gasteiger partial charge in [-0.2, -0.15) is 0 Å². The Morgan fingerprint density at radius 3 is 2.71 bits per heavy atom. The number of hydrogen-bond acceptors (Lipinski definition) is 2. The molecule has 0 fully saturated rings. The van der Waals surface area contributed by atoms with Gasteiger partial charge in [0.2, 0.25) is 0 Å². The lowest BCUT2D eigenvalue weighted by Gasteiger charge is -2.03. The van der Waals surface area contributed by atoms with E-state index in [1.165, 1.54) is 21.7 Å². The first-order chi connectivity index (χ1) is 8.29. The van der Waals surface area contributed by atoms with Crippen molar-refractivity contribution in [1.29, 1.82) is 0 Å². The molecule has 0 aliphatic carbocycles. The van der Waals surface area contributed by atoms with E-state index in [4.69, 9.17) is 5.73 Å². The lowest BCUT2D eigenvalue weighted by Crippen LogP contribution is -2.01. The van der Waals surface area contributed by atoms with Crippen LogP contribution < -0.4 is 5.73 Å². The van der Waals surface area contributed by atoms with Crippen LogP contribution in [0.4, 0.5) is 0 Å². The third-order valence-electron chi connectivity index (χ3n) is 2.85. The molecular formula is C13H11BrN2S. The maximum absolute atomic E-state index is 5.86. The van der Waals surface area contributed by atoms with Gasteiger partial charge in [-0.15, -0.1) is 11.3 Å². The van der Waals surface area contributed by atoms with Crippen LogP contribution in [0.25, 0.3) is 16.0 Å². The average molecular weight is 307 g/mol. The van der Waals surface area contributed by atoms with Crippen LogP contribution >= 0.6 is 27.3 Å². The lowest BCUT2D eigenvalue weighted by atomic mass is 10.1. The Morgan fingerprint density at radius 2 is 2.00 bits per heavy atom. The molecule has 0 aliphatic heterocycles. The van der Waals surface area contributed by atoms with Crippen molar-refractivity contribution in [1.82, 2.24) is 4.40 Å². The van der Waals surface area contributed by atoms with E-state index in [0.717, 1.165) is 4.47 Å². The Morgan fingerprint density at radius 1 is 1.24 bits per heavy atom. The van der Waals surface area contributed by atoms with Crippen molar-refractivity contribution in [2.24, 2.45) is 5.73 Å². The molecule has 0 aliphatic rings. The summed E-state index contributed by atoms with van der Waals surface area (Å²) in [4.78, 5) is 1.24. The fourth-order valence-electron chi connectivity index (χ4n) is 2.04. The monoisotopic (exact) mass is 306 g/mol. The van der Waals surface area contributed by atoms with Gasteiger partial charge in [0.05, 0.1) is 4.83 Å². The molecule has 2 heterocycles. The predicted octanol–water partition coefficient (Wildman–Crippen LogP) is 3.89. The zero-order valence-electron chi connectivity index (χ0n) is 9.06. The van der Waals surface area contributed by atoms with E-state index in [9.17, 15) is 0 Å². The molecular weight excluding hydrogens is 296 g/mol. The molecule has 0 unspecified atom stereocenters. The zero-order chi connectivity index (χ0) is 11.8. The van der Waals surface area contributed by atoms with Crippen LogP contribution in [-0.2, 0) is 6.54 Å². The highest BCUT2D eigenvalue weighted by Crippen LogP contribution is 2.30. The molecule has 0 atom stereocenters. The van der Waals surface area contributed by atoms with E-state index >= 15 is 0 Å². The van der Waals surface area contributed by atoms with Crippen LogP contribution in [0, 0.1) is 0 Å². The van der Waals surface area contributed by atoms with E-state index in [2.05, 4.69) is 62.2 Å². The predicted molar refractivity (Wildman–Crippen MR) is 76.3 cm³/mol. The maximum Gasteiger partial charge on any atom is 0.0999 e. The quantitative estimate of drug-likeness (QED) is 0.765. The maximum atomic E-state index is 5.86. The molecule has 2 N–H and O–H groups in total. The van der Waals surface area contributed by atoms with Gasteiger partial charge in [-0.1, -0.05) is 28.1 Å². The molecule has 3 rings (SSSR count). The van der Waals surface area contributed by atoms with Crippen molar-refractivity contribution in [2.75, 3.05) is 0 Å². The highest BCUT2D eigenvalue weighted by molar-refractivity contribution is 9.10. The SMILES string of the molecule is NCc1c(-c2ccc(Br)cc2)cc2sccn12. The van der Waals surface area contributed by atoms with Gasteiger partial charge in [0.1, 0.15) is 0 Å². The summed E-state index contributed by atoms with van der Waals surface area (Å²) >= 11 is 5.19. The van der Waals surface area contributed by atoms with E-state index in [0.29, 0.717) is 6.54 Å². The van der Waals surface area contributed by atoms with Gasteiger partial charge in [0.15, 0.2) is 0 Å². The first-order valence-corrected chi connectivity index (χ1v) is 7.00. The van der Waals surface area contributed by atoms with Gasteiger partial charge in [-0.25, -0.2) is 0 Å². The van der Waals surface area contributed by atoms with Crippen LogP contribution in [0.3, 0.4) is 0 Å². The Bertz CT molecular complexity index is 652. The van der Waals surface area contributed by atoms with E-state index in [1.807, 2.05) is 0 Å². The van der Waals surface area contributed by atoms with Gasteiger partial charge in [0, 0.05) is 33.9 Å². The molecule has 0 saturated heterocycles. The fraction of sp³-hybridized carbons (Fsp3) is 0.0769. The van der Waals surface area contributed by atoms with Crippen LogP contribution in [0.1, 0.15) is 5.69 Å². The second kappa shape index (κ2) is 4.29. The third kappa shape index (κ3) is 1.82. The summed E-state index contributed by atoms with van der Waals surface area (Å²) in [6.07, 6.45) is 2.07. The largest absolute Gasteiger partial charge is 0.325 e. The molecule has 86 valence electrons. The number of nitrogens with zero attached hydrogens (tertiary/aromatic N) is 1. The van der Waals surface area contributed by atoms with Crippen LogP contribution in [0.15, 0.2) is 46.4 Å². The summed E-state index contributed by atoms with van der Waals surface area (Å²) in [5.41, 5.74) is 9.47. The molecule has 4 heteroatoms. The minimum Gasteiger partial charge on any atom is -0.325 e. The summed E-state index contributed by atoms with van der Waals surface area (Å²) in [6, 6.07) is 10.5. The van der Waals surface area contributed by atoms with Crippen LogP contribution in [0.2, 0.25) is 0 Å². The number of benzene rings is 1. The Kier molecular flexibility index (Phi) is 2.78. The van der Waals surface area contributed by atoms with Crippen LogP contribution in [-0.4, -0.2) is 4.40 Å². The summed E-state index contributed by atoms with van der Waals surface area (Å²) in [7, 11) is 0. The molecule has 0 saturated carbocycles. The minimum atomic E-state index is 0.552. The highest BCUT2D eigenvalue weighted by atomic mass is 79.9. The Hall–Kier alpha value is -1.10. The zero-order valence-corrected chi connectivity index (χ0v) is 11.5. The number of thiazole rings is 1. The minimum absolute atomic E-state index is 0.552. The van der Waals surface area contributed by atoms with E-state index < -0.39 is 0 Å². The Labute approximate surface area is 112 Å². The summed E-state index contributed by atoms with van der Waals surface area (Å²) in [5, 5.41) is 2.08. The number of rotatable bonds is 2. The van der Waals surface area contributed by atoms with Crippen molar-refractivity contribution in [3.63, 3.8) is 0 Å². The fourth-order valence-corrected chi connectivity index (χ4v) is 3.10. The molecule has 0 bridgehead atoms. The number of hydrogen-bond donors (Lipinski definition) is 1. The van der Waals surface area contributed by atoms with Crippen molar-refractivity contribution in [3.8, 4) is 11.1 Å². The molecule has 1 aromatic carbocycles. The van der Waals surface area contributed by atoms with E-state index in [1.54, 1.807) is 11.3 Å².